The number of carbonyl (C=O) groups is 1. The third-order valence-electron chi connectivity index (χ3n) is 6.04. The van der Waals surface area contributed by atoms with E-state index in [2.05, 4.69) is 4.90 Å². The van der Waals surface area contributed by atoms with Crippen molar-refractivity contribution in [2.75, 3.05) is 46.5 Å². The molecule has 0 radical (unpaired) electrons. The van der Waals surface area contributed by atoms with Crippen LogP contribution in [-0.2, 0) is 4.74 Å². The van der Waals surface area contributed by atoms with Gasteiger partial charge in [-0.3, -0.25) is 14.5 Å². The number of carbonyl (C=O) groups excluding carboxylic acids is 1. The van der Waals surface area contributed by atoms with Crippen molar-refractivity contribution in [3.63, 3.8) is 0 Å². The van der Waals surface area contributed by atoms with Crippen LogP contribution in [0.3, 0.4) is 0 Å². The van der Waals surface area contributed by atoms with Crippen molar-refractivity contribution in [2.24, 2.45) is 0 Å². The standard InChI is InChI=1S/C24H24N2O5/c1-29-17-6-4-5-16(15-17)21-20-22(27)18-7-2-3-8-19(18)31-23(20)24(28)26(21)10-9-25-11-13-30-14-12-25/h2-8,15,21H,9-14H2,1H3. The Kier molecular flexibility index (Phi) is 5.21. The molecule has 0 saturated carbocycles. The number of ether oxygens (including phenoxy) is 2. The Bertz CT molecular complexity index is 1180. The molecule has 1 fully saturated rings. The summed E-state index contributed by atoms with van der Waals surface area (Å²) in [5, 5.41) is 0.483. The molecule has 7 nitrogen and oxygen atoms in total. The van der Waals surface area contributed by atoms with Gasteiger partial charge < -0.3 is 18.8 Å². The summed E-state index contributed by atoms with van der Waals surface area (Å²) in [5.74, 6) is 0.564. The normalized spacial score (nSPS) is 19.1. The molecular weight excluding hydrogens is 396 g/mol. The largest absolute Gasteiger partial charge is 0.497 e. The monoisotopic (exact) mass is 420 g/mol. The second-order valence-electron chi connectivity index (χ2n) is 7.80. The maximum atomic E-state index is 13.5. The lowest BCUT2D eigenvalue weighted by molar-refractivity contribution is 0.0314. The van der Waals surface area contributed by atoms with Crippen molar-refractivity contribution in [2.45, 2.75) is 6.04 Å². The molecule has 1 aromatic heterocycles. The molecule has 0 aliphatic carbocycles. The molecule has 0 spiro atoms. The summed E-state index contributed by atoms with van der Waals surface area (Å²) in [4.78, 5) is 30.9. The van der Waals surface area contributed by atoms with Crippen LogP contribution in [0.5, 0.6) is 5.75 Å². The summed E-state index contributed by atoms with van der Waals surface area (Å²) in [5.41, 5.74) is 1.50. The molecule has 2 aromatic carbocycles. The molecule has 3 aromatic rings. The first-order valence-electron chi connectivity index (χ1n) is 10.5. The third-order valence-corrected chi connectivity index (χ3v) is 6.04. The predicted molar refractivity (Wildman–Crippen MR) is 116 cm³/mol. The van der Waals surface area contributed by atoms with E-state index >= 15 is 0 Å². The van der Waals surface area contributed by atoms with Gasteiger partial charge in [0.15, 0.2) is 5.43 Å². The Balaban J connectivity index is 1.60. The number of benzene rings is 2. The second-order valence-corrected chi connectivity index (χ2v) is 7.80. The minimum absolute atomic E-state index is 0.137. The van der Waals surface area contributed by atoms with Crippen LogP contribution < -0.4 is 10.2 Å². The lowest BCUT2D eigenvalue weighted by atomic mass is 9.98. The molecule has 2 aliphatic heterocycles. The van der Waals surface area contributed by atoms with Crippen molar-refractivity contribution in [1.82, 2.24) is 9.80 Å². The number of hydrogen-bond acceptors (Lipinski definition) is 6. The highest BCUT2D eigenvalue weighted by atomic mass is 16.5. The van der Waals surface area contributed by atoms with Gasteiger partial charge in [-0.2, -0.15) is 0 Å². The Morgan fingerprint density at radius 2 is 1.84 bits per heavy atom. The fraction of sp³-hybridized carbons (Fsp3) is 0.333. The van der Waals surface area contributed by atoms with Gasteiger partial charge in [0, 0.05) is 26.2 Å². The number of hydrogen-bond donors (Lipinski definition) is 0. The molecular formula is C24H24N2O5. The molecule has 1 unspecified atom stereocenters. The van der Waals surface area contributed by atoms with Crippen LogP contribution >= 0.6 is 0 Å². The number of nitrogens with zero attached hydrogens (tertiary/aromatic N) is 2. The van der Waals surface area contributed by atoms with Crippen molar-refractivity contribution in [1.29, 1.82) is 0 Å². The molecule has 3 heterocycles. The third kappa shape index (κ3) is 3.49. The molecule has 160 valence electrons. The number of amides is 1. The minimum Gasteiger partial charge on any atom is -0.497 e. The molecule has 5 rings (SSSR count). The SMILES string of the molecule is COc1cccc(C2c3c(oc4ccccc4c3=O)C(=O)N2CCN2CCOCC2)c1. The van der Waals surface area contributed by atoms with Gasteiger partial charge in [0.2, 0.25) is 5.76 Å². The summed E-state index contributed by atoms with van der Waals surface area (Å²) >= 11 is 0. The quantitative estimate of drug-likeness (QED) is 0.632. The summed E-state index contributed by atoms with van der Waals surface area (Å²) in [6.07, 6.45) is 0. The van der Waals surface area contributed by atoms with Crippen LogP contribution in [0.4, 0.5) is 0 Å². The molecule has 0 N–H and O–H groups in total. The van der Waals surface area contributed by atoms with Crippen molar-refractivity contribution >= 4 is 16.9 Å². The number of morpholine rings is 1. The summed E-state index contributed by atoms with van der Waals surface area (Å²) in [6, 6.07) is 14.1. The van der Waals surface area contributed by atoms with Gasteiger partial charge in [0.05, 0.1) is 37.3 Å². The van der Waals surface area contributed by atoms with E-state index in [1.165, 1.54) is 0 Å². The molecule has 1 atom stereocenters. The van der Waals surface area contributed by atoms with Crippen LogP contribution in [-0.4, -0.2) is 62.2 Å². The van der Waals surface area contributed by atoms with Gasteiger partial charge in [0.25, 0.3) is 5.91 Å². The molecule has 1 saturated heterocycles. The number of methoxy groups -OCH3 is 1. The molecule has 0 bridgehead atoms. The van der Waals surface area contributed by atoms with E-state index in [1.807, 2.05) is 24.3 Å². The van der Waals surface area contributed by atoms with Crippen molar-refractivity contribution < 1.29 is 18.7 Å². The van der Waals surface area contributed by atoms with E-state index in [0.717, 1.165) is 18.7 Å². The van der Waals surface area contributed by atoms with Gasteiger partial charge >= 0.3 is 0 Å². The molecule has 31 heavy (non-hydrogen) atoms. The van der Waals surface area contributed by atoms with Gasteiger partial charge in [-0.1, -0.05) is 24.3 Å². The predicted octanol–water partition coefficient (Wildman–Crippen LogP) is 2.68. The average molecular weight is 420 g/mol. The zero-order chi connectivity index (χ0) is 21.4. The smallest absolute Gasteiger partial charge is 0.290 e. The molecule has 1 amide bonds. The summed E-state index contributed by atoms with van der Waals surface area (Å²) < 4.78 is 16.8. The second kappa shape index (κ2) is 8.17. The highest BCUT2D eigenvalue weighted by Crippen LogP contribution is 2.38. The Morgan fingerprint density at radius 1 is 1.03 bits per heavy atom. The first kappa shape index (κ1) is 19.8. The van der Waals surface area contributed by atoms with Crippen molar-refractivity contribution in [3.05, 3.63) is 75.6 Å². The Labute approximate surface area is 179 Å². The van der Waals surface area contributed by atoms with Crippen LogP contribution in [0.2, 0.25) is 0 Å². The van der Waals surface area contributed by atoms with Crippen molar-refractivity contribution in [3.8, 4) is 5.75 Å². The average Bonchev–Trinajstić information content (AvgIpc) is 3.10. The minimum atomic E-state index is -0.514. The molecule has 7 heteroatoms. The number of para-hydroxylation sites is 1. The van der Waals surface area contributed by atoms with E-state index in [-0.39, 0.29) is 17.1 Å². The van der Waals surface area contributed by atoms with E-state index in [0.29, 0.717) is 48.6 Å². The lowest BCUT2D eigenvalue weighted by Gasteiger charge is -2.31. The maximum absolute atomic E-state index is 13.5. The van der Waals surface area contributed by atoms with Gasteiger partial charge in [0.1, 0.15) is 11.3 Å². The highest BCUT2D eigenvalue weighted by Gasteiger charge is 2.42. The first-order chi connectivity index (χ1) is 15.2. The van der Waals surface area contributed by atoms with E-state index in [9.17, 15) is 9.59 Å². The van der Waals surface area contributed by atoms with Gasteiger partial charge in [-0.15, -0.1) is 0 Å². The number of rotatable bonds is 5. The topological polar surface area (TPSA) is 72.2 Å². The fourth-order valence-corrected chi connectivity index (χ4v) is 4.43. The van der Waals surface area contributed by atoms with E-state index in [4.69, 9.17) is 13.9 Å². The van der Waals surface area contributed by atoms with Crippen LogP contribution in [0.1, 0.15) is 27.7 Å². The van der Waals surface area contributed by atoms with E-state index in [1.54, 1.807) is 36.3 Å². The Morgan fingerprint density at radius 3 is 2.65 bits per heavy atom. The maximum Gasteiger partial charge on any atom is 0.290 e. The first-order valence-corrected chi connectivity index (χ1v) is 10.5. The van der Waals surface area contributed by atoms with Gasteiger partial charge in [-0.05, 0) is 29.8 Å². The summed E-state index contributed by atoms with van der Waals surface area (Å²) in [7, 11) is 1.60. The van der Waals surface area contributed by atoms with E-state index < -0.39 is 6.04 Å². The van der Waals surface area contributed by atoms with Crippen LogP contribution in [0.25, 0.3) is 11.0 Å². The van der Waals surface area contributed by atoms with Crippen LogP contribution in [0.15, 0.2) is 57.7 Å². The fourth-order valence-electron chi connectivity index (χ4n) is 4.43. The Hall–Kier alpha value is -3.16. The highest BCUT2D eigenvalue weighted by molar-refractivity contribution is 5.99. The molecule has 2 aliphatic rings. The lowest BCUT2D eigenvalue weighted by Crippen LogP contribution is -2.42. The summed E-state index contributed by atoms with van der Waals surface area (Å²) in [6.45, 7) is 4.25. The van der Waals surface area contributed by atoms with Crippen LogP contribution in [0, 0.1) is 0 Å². The van der Waals surface area contributed by atoms with Gasteiger partial charge in [-0.25, -0.2) is 0 Å². The zero-order valence-corrected chi connectivity index (χ0v) is 17.4. The number of fused-ring (bicyclic) bond motifs is 2. The zero-order valence-electron chi connectivity index (χ0n) is 17.4.